The number of hydrogen-bond donors (Lipinski definition) is 2. The van der Waals surface area contributed by atoms with E-state index < -0.39 is 42.4 Å². The lowest BCUT2D eigenvalue weighted by Crippen LogP contribution is -2.58. The molecule has 1 rings (SSSR count). The number of aliphatic hydroxyl groups excluding tert-OH is 2. The number of carbonyl (C=O) groups excluding carboxylic acids is 2. The van der Waals surface area contributed by atoms with Crippen LogP contribution in [0.15, 0.2) is 5.11 Å². The molecule has 22 heavy (non-hydrogen) atoms. The molecule has 5 atom stereocenters. The van der Waals surface area contributed by atoms with E-state index in [1.165, 1.54) is 18.7 Å². The summed E-state index contributed by atoms with van der Waals surface area (Å²) in [7, 11) is 0. The van der Waals surface area contributed by atoms with Crippen molar-refractivity contribution in [3.05, 3.63) is 10.4 Å². The Morgan fingerprint density at radius 1 is 1.45 bits per heavy atom. The largest absolute Gasteiger partial charge is 0.458 e. The first-order chi connectivity index (χ1) is 10.4. The lowest BCUT2D eigenvalue weighted by atomic mass is 9.98. The van der Waals surface area contributed by atoms with E-state index in [0.29, 0.717) is 0 Å². The molecule has 1 aliphatic rings. The van der Waals surface area contributed by atoms with Gasteiger partial charge in [0.1, 0.15) is 29.5 Å². The fourth-order valence-corrected chi connectivity index (χ4v) is 2.79. The summed E-state index contributed by atoms with van der Waals surface area (Å²) in [5.74, 6) is -0.791. The second-order valence-electron chi connectivity index (χ2n) is 4.80. The highest BCUT2D eigenvalue weighted by atomic mass is 32.2. The maximum atomic E-state index is 11.8. The van der Waals surface area contributed by atoms with E-state index in [0.717, 1.165) is 0 Å². The molecular formula is C12H19N3O6S. The Kier molecular flexibility index (Phi) is 7.63. The van der Waals surface area contributed by atoms with Gasteiger partial charge in [0, 0.05) is 11.3 Å². The van der Waals surface area contributed by atoms with Crippen molar-refractivity contribution in [2.75, 3.05) is 12.9 Å². The fourth-order valence-electron chi connectivity index (χ4n) is 2.05. The Labute approximate surface area is 131 Å². The van der Waals surface area contributed by atoms with Crippen molar-refractivity contribution >= 4 is 23.5 Å². The van der Waals surface area contributed by atoms with Crippen LogP contribution < -0.4 is 0 Å². The van der Waals surface area contributed by atoms with Crippen molar-refractivity contribution in [3.8, 4) is 0 Å². The van der Waals surface area contributed by atoms with Crippen LogP contribution in [0.4, 0.5) is 0 Å². The molecule has 10 heteroatoms. The van der Waals surface area contributed by atoms with E-state index in [2.05, 4.69) is 10.0 Å². The Morgan fingerprint density at radius 3 is 2.64 bits per heavy atom. The highest BCUT2D eigenvalue weighted by Crippen LogP contribution is 2.31. The minimum Gasteiger partial charge on any atom is -0.458 e. The zero-order chi connectivity index (χ0) is 16.7. The van der Waals surface area contributed by atoms with Crippen LogP contribution in [0.3, 0.4) is 0 Å². The molecule has 1 fully saturated rings. The molecule has 2 unspecified atom stereocenters. The van der Waals surface area contributed by atoms with Crippen LogP contribution in [0.2, 0.25) is 0 Å². The lowest BCUT2D eigenvalue weighted by molar-refractivity contribution is -0.186. The van der Waals surface area contributed by atoms with Gasteiger partial charge in [0.15, 0.2) is 0 Å². The van der Waals surface area contributed by atoms with Crippen LogP contribution >= 0.6 is 11.8 Å². The summed E-state index contributed by atoms with van der Waals surface area (Å²) < 4.78 is 10.7. The number of azide groups is 1. The topological polar surface area (TPSA) is 142 Å². The van der Waals surface area contributed by atoms with Gasteiger partial charge >= 0.3 is 5.97 Å². The minimum atomic E-state index is -1.30. The number of ether oxygens (including phenoxy) is 2. The first kappa shape index (κ1) is 18.7. The zero-order valence-corrected chi connectivity index (χ0v) is 13.1. The van der Waals surface area contributed by atoms with Crippen LogP contribution in [-0.4, -0.2) is 64.6 Å². The highest BCUT2D eigenvalue weighted by Gasteiger charge is 2.46. The second-order valence-corrected chi connectivity index (χ2v) is 5.74. The highest BCUT2D eigenvalue weighted by molar-refractivity contribution is 7.99. The molecule has 0 aromatic rings. The maximum absolute atomic E-state index is 11.8. The average Bonchev–Trinajstić information content (AvgIpc) is 2.49. The number of aliphatic hydroxyl groups is 2. The zero-order valence-electron chi connectivity index (χ0n) is 12.3. The molecule has 0 aromatic carbocycles. The van der Waals surface area contributed by atoms with Gasteiger partial charge in [0.05, 0.1) is 19.1 Å². The van der Waals surface area contributed by atoms with Crippen molar-refractivity contribution in [1.29, 1.82) is 0 Å². The summed E-state index contributed by atoms with van der Waals surface area (Å²) in [6.07, 6.45) is -1.58. The van der Waals surface area contributed by atoms with E-state index in [1.54, 1.807) is 6.26 Å². The van der Waals surface area contributed by atoms with E-state index >= 15 is 0 Å². The van der Waals surface area contributed by atoms with E-state index in [-0.39, 0.29) is 18.6 Å². The average molecular weight is 333 g/mol. The van der Waals surface area contributed by atoms with Gasteiger partial charge in [-0.05, 0) is 18.7 Å². The van der Waals surface area contributed by atoms with E-state index in [4.69, 9.17) is 15.0 Å². The summed E-state index contributed by atoms with van der Waals surface area (Å²) in [5, 5.41) is 22.7. The molecule has 1 heterocycles. The fraction of sp³-hybridized carbons (Fsp3) is 0.833. The van der Waals surface area contributed by atoms with Gasteiger partial charge in [0.2, 0.25) is 0 Å². The van der Waals surface area contributed by atoms with E-state index in [1.807, 2.05) is 0 Å². The summed E-state index contributed by atoms with van der Waals surface area (Å²) >= 11 is 1.20. The van der Waals surface area contributed by atoms with Crippen LogP contribution in [0.25, 0.3) is 10.4 Å². The molecule has 0 bridgehead atoms. The van der Waals surface area contributed by atoms with Crippen LogP contribution in [0.5, 0.6) is 0 Å². The number of rotatable bonds is 7. The molecule has 0 amide bonds. The predicted molar refractivity (Wildman–Crippen MR) is 78.0 cm³/mol. The number of ketones is 1. The standard InChI is InChI=1S/C12H19N3O6S/c1-6(17)3-4-8(18)21-11-9(14-15-13)10(19)7(5-16)20-12(11)22-2/h7,9-12,16,19H,3-5H2,1-2H3/t7?,9-,10-,11?,12-/m0/s1. The molecule has 0 aromatic heterocycles. The monoisotopic (exact) mass is 333 g/mol. The van der Waals surface area contributed by atoms with Crippen LogP contribution in [-0.2, 0) is 19.1 Å². The Balaban J connectivity index is 2.87. The number of hydrogen-bond acceptors (Lipinski definition) is 8. The predicted octanol–water partition coefficient (Wildman–Crippen LogP) is 0.387. The van der Waals surface area contributed by atoms with Crippen molar-refractivity contribution in [1.82, 2.24) is 0 Å². The minimum absolute atomic E-state index is 0.0460. The third-order valence-corrected chi connectivity index (χ3v) is 4.03. The Hall–Kier alpha value is -1.32. The normalized spacial score (nSPS) is 31.2. The SMILES string of the molecule is CS[C@@H]1OC(CO)[C@H](O)[C@H](N=[N+]=[N-])C1OC(=O)CCC(C)=O. The lowest BCUT2D eigenvalue weighted by Gasteiger charge is -2.41. The Morgan fingerprint density at radius 2 is 2.14 bits per heavy atom. The summed E-state index contributed by atoms with van der Waals surface area (Å²) in [4.78, 5) is 25.3. The molecule has 0 radical (unpaired) electrons. The van der Waals surface area contributed by atoms with Crippen LogP contribution in [0, 0.1) is 0 Å². The molecule has 0 saturated carbocycles. The number of esters is 1. The van der Waals surface area contributed by atoms with Gasteiger partial charge in [-0.2, -0.15) is 0 Å². The molecule has 124 valence electrons. The van der Waals surface area contributed by atoms with Crippen molar-refractivity contribution in [3.63, 3.8) is 0 Å². The third kappa shape index (κ3) is 4.85. The molecule has 2 N–H and O–H groups in total. The first-order valence-corrected chi connectivity index (χ1v) is 7.93. The van der Waals surface area contributed by atoms with Crippen molar-refractivity contribution < 1.29 is 29.3 Å². The van der Waals surface area contributed by atoms with Crippen molar-refractivity contribution in [2.45, 2.75) is 49.6 Å². The maximum Gasteiger partial charge on any atom is 0.306 e. The van der Waals surface area contributed by atoms with Gasteiger partial charge < -0.3 is 24.5 Å². The quantitative estimate of drug-likeness (QED) is 0.297. The number of carbonyl (C=O) groups is 2. The molecule has 9 nitrogen and oxygen atoms in total. The number of Topliss-reactive ketones (excluding diaryl/α,β-unsaturated/α-hetero) is 1. The van der Waals surface area contributed by atoms with Crippen molar-refractivity contribution in [2.24, 2.45) is 5.11 Å². The Bertz CT molecular complexity index is 456. The number of thioether (sulfide) groups is 1. The summed E-state index contributed by atoms with van der Waals surface area (Å²) in [6, 6.07) is -1.07. The molecule has 0 spiro atoms. The third-order valence-electron chi connectivity index (χ3n) is 3.19. The van der Waals surface area contributed by atoms with Gasteiger partial charge in [-0.3, -0.25) is 4.79 Å². The van der Waals surface area contributed by atoms with Gasteiger partial charge in [-0.1, -0.05) is 5.11 Å². The molecule has 0 aliphatic carbocycles. The number of nitrogens with zero attached hydrogens (tertiary/aromatic N) is 3. The molecular weight excluding hydrogens is 314 g/mol. The summed E-state index contributed by atoms with van der Waals surface area (Å²) in [6.45, 7) is 0.904. The molecule has 1 saturated heterocycles. The molecule has 1 aliphatic heterocycles. The smallest absolute Gasteiger partial charge is 0.306 e. The van der Waals surface area contributed by atoms with Gasteiger partial charge in [0.25, 0.3) is 0 Å². The second kappa shape index (κ2) is 8.96. The van der Waals surface area contributed by atoms with Gasteiger partial charge in [-0.15, -0.1) is 11.8 Å². The van der Waals surface area contributed by atoms with E-state index in [9.17, 15) is 19.8 Å². The van der Waals surface area contributed by atoms with Crippen LogP contribution in [0.1, 0.15) is 19.8 Å². The van der Waals surface area contributed by atoms with Gasteiger partial charge in [-0.25, -0.2) is 0 Å². The summed E-state index contributed by atoms with van der Waals surface area (Å²) in [5.41, 5.74) is 7.94. The first-order valence-electron chi connectivity index (χ1n) is 6.64.